The Morgan fingerprint density at radius 3 is 2.13 bits per heavy atom. The first-order chi connectivity index (χ1) is 10.5. The van der Waals surface area contributed by atoms with Crippen LogP contribution >= 0.6 is 0 Å². The molecule has 2 aliphatic rings. The molecule has 3 rings (SSSR count). The quantitative estimate of drug-likeness (QED) is 0.777. The third-order valence-corrected chi connectivity index (χ3v) is 5.26. The van der Waals surface area contributed by atoms with Crippen molar-refractivity contribution in [3.05, 3.63) is 23.5 Å². The molecular formula is C16H21BF3NO2. The van der Waals surface area contributed by atoms with E-state index in [4.69, 9.17) is 9.31 Å². The zero-order valence-corrected chi connectivity index (χ0v) is 13.8. The largest absolute Gasteiger partial charge is 0.496 e. The Bertz CT molecular complexity index is 596. The first kappa shape index (κ1) is 16.8. The van der Waals surface area contributed by atoms with Crippen LogP contribution in [0.1, 0.15) is 64.1 Å². The lowest BCUT2D eigenvalue weighted by Crippen LogP contribution is -2.41. The summed E-state index contributed by atoms with van der Waals surface area (Å²) in [6.45, 7) is 7.48. The maximum atomic E-state index is 13.4. The summed E-state index contributed by atoms with van der Waals surface area (Å²) in [4.78, 5) is 4.13. The van der Waals surface area contributed by atoms with Crippen LogP contribution in [0.3, 0.4) is 0 Å². The lowest BCUT2D eigenvalue weighted by molar-refractivity contribution is -0.138. The molecule has 1 saturated carbocycles. The number of nitrogens with zero attached hydrogens (tertiary/aromatic N) is 1. The number of pyridine rings is 1. The monoisotopic (exact) mass is 327 g/mol. The molecule has 1 aromatic heterocycles. The number of alkyl halides is 3. The van der Waals surface area contributed by atoms with Crippen molar-refractivity contribution in [2.45, 2.75) is 70.3 Å². The minimum atomic E-state index is -4.42. The highest BCUT2D eigenvalue weighted by Crippen LogP contribution is 2.42. The Kier molecular flexibility index (Phi) is 3.80. The van der Waals surface area contributed by atoms with Crippen molar-refractivity contribution >= 4 is 12.6 Å². The summed E-state index contributed by atoms with van der Waals surface area (Å²) in [5.74, 6) is -0.0843. The van der Waals surface area contributed by atoms with E-state index in [2.05, 4.69) is 4.98 Å². The Hall–Kier alpha value is -1.08. The van der Waals surface area contributed by atoms with Gasteiger partial charge in [-0.2, -0.15) is 13.2 Å². The fourth-order valence-electron chi connectivity index (χ4n) is 2.83. The summed E-state index contributed by atoms with van der Waals surface area (Å²) in [5, 5.41) is 0. The SMILES string of the molecule is CC1(C)OB(c2cnc(C3CCC3)c(C(F)(F)F)c2)OC1(C)C. The van der Waals surface area contributed by atoms with Gasteiger partial charge in [-0.3, -0.25) is 4.98 Å². The van der Waals surface area contributed by atoms with E-state index in [0.717, 1.165) is 25.3 Å². The number of hydrogen-bond donors (Lipinski definition) is 0. The van der Waals surface area contributed by atoms with Gasteiger partial charge < -0.3 is 9.31 Å². The van der Waals surface area contributed by atoms with Gasteiger partial charge >= 0.3 is 13.3 Å². The molecule has 0 aromatic carbocycles. The molecule has 0 atom stereocenters. The van der Waals surface area contributed by atoms with Crippen LogP contribution in [-0.2, 0) is 15.5 Å². The number of aromatic nitrogens is 1. The lowest BCUT2D eigenvalue weighted by atomic mass is 9.76. The van der Waals surface area contributed by atoms with Crippen LogP contribution in [0.25, 0.3) is 0 Å². The minimum absolute atomic E-state index is 0.0843. The van der Waals surface area contributed by atoms with Crippen LogP contribution in [0.5, 0.6) is 0 Å². The van der Waals surface area contributed by atoms with E-state index < -0.39 is 30.1 Å². The first-order valence-corrected chi connectivity index (χ1v) is 7.94. The summed E-state index contributed by atoms with van der Waals surface area (Å²) in [6, 6.07) is 1.14. The molecule has 1 aliphatic heterocycles. The van der Waals surface area contributed by atoms with Gasteiger partial charge in [-0.05, 0) is 46.6 Å². The fraction of sp³-hybridized carbons (Fsp3) is 0.688. The van der Waals surface area contributed by atoms with Gasteiger partial charge in [0.2, 0.25) is 0 Å². The third kappa shape index (κ3) is 2.89. The van der Waals surface area contributed by atoms with E-state index >= 15 is 0 Å². The molecule has 1 aromatic rings. The topological polar surface area (TPSA) is 31.4 Å². The molecular weight excluding hydrogens is 306 g/mol. The highest BCUT2D eigenvalue weighted by molar-refractivity contribution is 6.62. The van der Waals surface area contributed by atoms with Gasteiger partial charge in [-0.1, -0.05) is 6.42 Å². The second-order valence-corrected chi connectivity index (χ2v) is 7.42. The van der Waals surface area contributed by atoms with Gasteiger partial charge in [0, 0.05) is 17.6 Å². The van der Waals surface area contributed by atoms with Crippen molar-refractivity contribution in [1.82, 2.24) is 4.98 Å². The van der Waals surface area contributed by atoms with E-state index in [0.29, 0.717) is 5.46 Å². The fourth-order valence-corrected chi connectivity index (χ4v) is 2.83. The van der Waals surface area contributed by atoms with Gasteiger partial charge in [0.25, 0.3) is 0 Å². The zero-order valence-electron chi connectivity index (χ0n) is 13.8. The minimum Gasteiger partial charge on any atom is -0.399 e. The second kappa shape index (κ2) is 5.21. The molecule has 126 valence electrons. The highest BCUT2D eigenvalue weighted by atomic mass is 19.4. The van der Waals surface area contributed by atoms with Crippen molar-refractivity contribution in [2.75, 3.05) is 0 Å². The maximum Gasteiger partial charge on any atom is 0.496 e. The van der Waals surface area contributed by atoms with Crippen LogP contribution in [0.4, 0.5) is 13.2 Å². The molecule has 0 radical (unpaired) electrons. The summed E-state index contributed by atoms with van der Waals surface area (Å²) >= 11 is 0. The van der Waals surface area contributed by atoms with Crippen LogP contribution in [-0.4, -0.2) is 23.3 Å². The molecule has 7 heteroatoms. The molecule has 23 heavy (non-hydrogen) atoms. The first-order valence-electron chi connectivity index (χ1n) is 7.94. The van der Waals surface area contributed by atoms with E-state index in [-0.39, 0.29) is 11.6 Å². The van der Waals surface area contributed by atoms with E-state index in [9.17, 15) is 13.2 Å². The van der Waals surface area contributed by atoms with Crippen LogP contribution in [0, 0.1) is 0 Å². The Balaban J connectivity index is 1.96. The highest BCUT2D eigenvalue weighted by Gasteiger charge is 2.52. The maximum absolute atomic E-state index is 13.4. The third-order valence-electron chi connectivity index (χ3n) is 5.26. The normalized spacial score (nSPS) is 23.9. The van der Waals surface area contributed by atoms with Gasteiger partial charge in [-0.15, -0.1) is 0 Å². The van der Waals surface area contributed by atoms with Crippen LogP contribution < -0.4 is 5.46 Å². The average Bonchev–Trinajstić information content (AvgIpc) is 2.55. The molecule has 2 fully saturated rings. The Morgan fingerprint density at radius 2 is 1.70 bits per heavy atom. The molecule has 0 spiro atoms. The average molecular weight is 327 g/mol. The summed E-state index contributed by atoms with van der Waals surface area (Å²) in [5.41, 5.74) is -1.37. The molecule has 0 N–H and O–H groups in total. The summed E-state index contributed by atoms with van der Waals surface area (Å²) in [6.07, 6.45) is -0.455. The number of rotatable bonds is 2. The number of halogens is 3. The van der Waals surface area contributed by atoms with Gasteiger partial charge in [0.15, 0.2) is 0 Å². The predicted octanol–water partition coefficient (Wildman–Crippen LogP) is 3.67. The van der Waals surface area contributed by atoms with Crippen molar-refractivity contribution in [2.24, 2.45) is 0 Å². The van der Waals surface area contributed by atoms with Crippen molar-refractivity contribution in [3.63, 3.8) is 0 Å². The van der Waals surface area contributed by atoms with Crippen LogP contribution in [0.2, 0.25) is 0 Å². The summed E-state index contributed by atoms with van der Waals surface area (Å²) in [7, 11) is -0.830. The second-order valence-electron chi connectivity index (χ2n) is 7.42. The summed E-state index contributed by atoms with van der Waals surface area (Å²) < 4.78 is 51.9. The standard InChI is InChI=1S/C16H21BF3NO2/c1-14(2)15(3,4)23-17(22-14)11-8-12(16(18,19)20)13(21-9-11)10-6-5-7-10/h8-10H,5-7H2,1-4H3. The van der Waals surface area contributed by atoms with Crippen molar-refractivity contribution in [3.8, 4) is 0 Å². The van der Waals surface area contributed by atoms with E-state index in [1.165, 1.54) is 6.20 Å². The van der Waals surface area contributed by atoms with Crippen molar-refractivity contribution in [1.29, 1.82) is 0 Å². The van der Waals surface area contributed by atoms with E-state index in [1.807, 2.05) is 27.7 Å². The number of hydrogen-bond acceptors (Lipinski definition) is 3. The van der Waals surface area contributed by atoms with Crippen molar-refractivity contribution < 1.29 is 22.5 Å². The molecule has 1 saturated heterocycles. The molecule has 1 aliphatic carbocycles. The Labute approximate surface area is 134 Å². The zero-order chi connectivity index (χ0) is 17.0. The Morgan fingerprint density at radius 1 is 1.13 bits per heavy atom. The van der Waals surface area contributed by atoms with Crippen LogP contribution in [0.15, 0.2) is 12.3 Å². The molecule has 0 bridgehead atoms. The molecule has 3 nitrogen and oxygen atoms in total. The molecule has 2 heterocycles. The van der Waals surface area contributed by atoms with Gasteiger partial charge in [-0.25, -0.2) is 0 Å². The molecule has 0 unspecified atom stereocenters. The predicted molar refractivity (Wildman–Crippen MR) is 81.5 cm³/mol. The molecule has 0 amide bonds. The van der Waals surface area contributed by atoms with E-state index in [1.54, 1.807) is 0 Å². The van der Waals surface area contributed by atoms with Gasteiger partial charge in [0.05, 0.1) is 22.5 Å². The van der Waals surface area contributed by atoms with Gasteiger partial charge in [0.1, 0.15) is 0 Å². The smallest absolute Gasteiger partial charge is 0.399 e. The lowest BCUT2D eigenvalue weighted by Gasteiger charge is -2.32.